The van der Waals surface area contributed by atoms with Gasteiger partial charge in [0.2, 0.25) is 0 Å². The minimum absolute atomic E-state index is 0. The monoisotopic (exact) mass is 248 g/mol. The van der Waals surface area contributed by atoms with Gasteiger partial charge in [-0.05, 0) is 18.2 Å². The van der Waals surface area contributed by atoms with E-state index in [0.29, 0.717) is 5.69 Å². The summed E-state index contributed by atoms with van der Waals surface area (Å²) in [7, 11) is 0. The van der Waals surface area contributed by atoms with Crippen LogP contribution in [0.3, 0.4) is 0 Å². The Balaban J connectivity index is 0.000000980. The molecule has 2 rings (SSSR count). The number of carboxylic acids is 1. The van der Waals surface area contributed by atoms with E-state index >= 15 is 0 Å². The number of aromatic nitrogens is 2. The number of aromatic amines is 1. The van der Waals surface area contributed by atoms with E-state index in [1.165, 1.54) is 0 Å². The largest absolute Gasteiger partial charge is 0.481 e. The number of nitrogens with one attached hydrogen (secondary N) is 1. The summed E-state index contributed by atoms with van der Waals surface area (Å²) in [5, 5.41) is 8.54. The maximum Gasteiger partial charge on any atom is 0.309 e. The van der Waals surface area contributed by atoms with Gasteiger partial charge in [0.1, 0.15) is 0 Å². The van der Waals surface area contributed by atoms with Crippen LogP contribution in [0.15, 0.2) is 24.4 Å². The third-order valence-corrected chi connectivity index (χ3v) is 1.79. The van der Waals surface area contributed by atoms with E-state index in [9.17, 15) is 4.79 Å². The predicted molar refractivity (Wildman–Crippen MR) is 61.9 cm³/mol. The summed E-state index contributed by atoms with van der Waals surface area (Å²) in [6.45, 7) is 0. The van der Waals surface area contributed by atoms with Crippen molar-refractivity contribution in [1.82, 2.24) is 9.97 Å². The third-order valence-electron chi connectivity index (χ3n) is 1.79. The van der Waals surface area contributed by atoms with Gasteiger partial charge in [-0.2, -0.15) is 0 Å². The molecule has 4 nitrogen and oxygen atoms in total. The molecule has 0 aliphatic carbocycles. The molecule has 0 radical (unpaired) electrons. The van der Waals surface area contributed by atoms with Gasteiger partial charge in [0.05, 0.1) is 23.1 Å². The first-order valence-electron chi connectivity index (χ1n) is 3.90. The highest BCUT2D eigenvalue weighted by molar-refractivity contribution is 5.85. The lowest BCUT2D eigenvalue weighted by atomic mass is 10.2. The van der Waals surface area contributed by atoms with Gasteiger partial charge in [0, 0.05) is 6.20 Å². The second-order valence-corrected chi connectivity index (χ2v) is 2.78. The summed E-state index contributed by atoms with van der Waals surface area (Å²) in [6, 6.07) is 5.37. The van der Waals surface area contributed by atoms with Crippen molar-refractivity contribution in [2.45, 2.75) is 6.42 Å². The summed E-state index contributed by atoms with van der Waals surface area (Å²) in [6.07, 6.45) is 1.75. The normalized spacial score (nSPS) is 9.07. The molecule has 0 atom stereocenters. The molecule has 6 heteroatoms. The summed E-state index contributed by atoms with van der Waals surface area (Å²) < 4.78 is 0. The third kappa shape index (κ3) is 3.11. The number of halogens is 2. The van der Waals surface area contributed by atoms with E-state index < -0.39 is 5.97 Å². The van der Waals surface area contributed by atoms with E-state index in [1.54, 1.807) is 12.3 Å². The van der Waals surface area contributed by atoms with Crippen LogP contribution in [0.2, 0.25) is 0 Å². The van der Waals surface area contributed by atoms with Crippen LogP contribution in [0.1, 0.15) is 5.69 Å². The van der Waals surface area contributed by atoms with Gasteiger partial charge in [0.15, 0.2) is 0 Å². The molecule has 0 aromatic carbocycles. The van der Waals surface area contributed by atoms with Crippen molar-refractivity contribution in [2.24, 2.45) is 0 Å². The molecule has 0 aliphatic rings. The van der Waals surface area contributed by atoms with Crippen LogP contribution in [0.25, 0.3) is 11.0 Å². The first-order chi connectivity index (χ1) is 6.25. The molecule has 2 aromatic heterocycles. The highest BCUT2D eigenvalue weighted by atomic mass is 35.5. The number of nitrogens with zero attached hydrogens (tertiary/aromatic N) is 1. The average molecular weight is 249 g/mol. The quantitative estimate of drug-likeness (QED) is 0.855. The first kappa shape index (κ1) is 13.7. The second-order valence-electron chi connectivity index (χ2n) is 2.78. The van der Waals surface area contributed by atoms with Gasteiger partial charge >= 0.3 is 5.97 Å². The number of fused-ring (bicyclic) bond motifs is 1. The van der Waals surface area contributed by atoms with Crippen molar-refractivity contribution in [3.05, 3.63) is 30.1 Å². The molecule has 0 saturated heterocycles. The topological polar surface area (TPSA) is 66.0 Å². The van der Waals surface area contributed by atoms with Crippen molar-refractivity contribution in [2.75, 3.05) is 0 Å². The average Bonchev–Trinajstić information content (AvgIpc) is 2.49. The maximum absolute atomic E-state index is 10.4. The lowest BCUT2D eigenvalue weighted by Gasteiger charge is -1.95. The van der Waals surface area contributed by atoms with Crippen molar-refractivity contribution < 1.29 is 9.90 Å². The lowest BCUT2D eigenvalue weighted by molar-refractivity contribution is -0.136. The smallest absolute Gasteiger partial charge is 0.309 e. The molecule has 0 unspecified atom stereocenters. The Morgan fingerprint density at radius 2 is 2.07 bits per heavy atom. The Morgan fingerprint density at radius 3 is 2.73 bits per heavy atom. The fourth-order valence-electron chi connectivity index (χ4n) is 1.23. The van der Waals surface area contributed by atoms with Crippen molar-refractivity contribution in [3.8, 4) is 0 Å². The number of H-pyrrole nitrogens is 1. The Morgan fingerprint density at radius 1 is 1.33 bits per heavy atom. The van der Waals surface area contributed by atoms with E-state index in [1.807, 2.05) is 12.1 Å². The van der Waals surface area contributed by atoms with E-state index in [4.69, 9.17) is 5.11 Å². The Bertz CT molecular complexity index is 456. The van der Waals surface area contributed by atoms with Crippen LogP contribution < -0.4 is 0 Å². The maximum atomic E-state index is 10.4. The molecule has 0 fully saturated rings. The molecule has 0 aliphatic heterocycles. The molecular weight excluding hydrogens is 239 g/mol. The summed E-state index contributed by atoms with van der Waals surface area (Å²) in [4.78, 5) is 17.5. The zero-order valence-corrected chi connectivity index (χ0v) is 9.27. The zero-order valence-electron chi connectivity index (χ0n) is 7.64. The molecule has 82 valence electrons. The Labute approximate surface area is 98.5 Å². The van der Waals surface area contributed by atoms with Gasteiger partial charge in [0.25, 0.3) is 0 Å². The predicted octanol–water partition coefficient (Wildman–Crippen LogP) is 2.03. The van der Waals surface area contributed by atoms with E-state index in [-0.39, 0.29) is 31.2 Å². The molecule has 15 heavy (non-hydrogen) atoms. The van der Waals surface area contributed by atoms with Crippen LogP contribution in [-0.2, 0) is 11.2 Å². The Kier molecular flexibility index (Phi) is 5.11. The lowest BCUT2D eigenvalue weighted by Crippen LogP contribution is -2.01. The second kappa shape index (κ2) is 5.58. The Hall–Kier alpha value is -1.26. The van der Waals surface area contributed by atoms with Crippen molar-refractivity contribution in [1.29, 1.82) is 0 Å². The summed E-state index contributed by atoms with van der Waals surface area (Å²) >= 11 is 0. The molecule has 2 N–H and O–H groups in total. The number of rotatable bonds is 2. The molecule has 2 aromatic rings. The molecular formula is C9H10Cl2N2O2. The first-order valence-corrected chi connectivity index (χ1v) is 3.90. The van der Waals surface area contributed by atoms with Crippen LogP contribution in [0.5, 0.6) is 0 Å². The molecule has 0 amide bonds. The van der Waals surface area contributed by atoms with Gasteiger partial charge in [-0.1, -0.05) is 0 Å². The fourth-order valence-corrected chi connectivity index (χ4v) is 1.23. The minimum atomic E-state index is -0.859. The standard InChI is InChI=1S/C9H8N2O2.2ClH/c12-9(13)5-6-1-2-7-8(11-6)3-4-10-7;;/h1-4,10H,5H2,(H,12,13);2*1H. The minimum Gasteiger partial charge on any atom is -0.481 e. The molecule has 2 heterocycles. The van der Waals surface area contributed by atoms with Crippen LogP contribution in [-0.4, -0.2) is 21.0 Å². The molecule has 0 bridgehead atoms. The number of carbonyl (C=O) groups is 1. The highest BCUT2D eigenvalue weighted by Crippen LogP contribution is 2.10. The van der Waals surface area contributed by atoms with Crippen LogP contribution in [0, 0.1) is 0 Å². The van der Waals surface area contributed by atoms with E-state index in [0.717, 1.165) is 11.0 Å². The zero-order chi connectivity index (χ0) is 9.26. The fraction of sp³-hybridized carbons (Fsp3) is 0.111. The number of hydrogen-bond acceptors (Lipinski definition) is 2. The van der Waals surface area contributed by atoms with Gasteiger partial charge in [-0.25, -0.2) is 0 Å². The van der Waals surface area contributed by atoms with Gasteiger partial charge in [-0.15, -0.1) is 24.8 Å². The molecule has 0 spiro atoms. The van der Waals surface area contributed by atoms with Gasteiger partial charge in [-0.3, -0.25) is 9.78 Å². The van der Waals surface area contributed by atoms with Crippen molar-refractivity contribution in [3.63, 3.8) is 0 Å². The number of carboxylic acid groups (broad SMARTS) is 1. The highest BCUT2D eigenvalue weighted by Gasteiger charge is 2.02. The summed E-state index contributed by atoms with van der Waals surface area (Å²) in [5.74, 6) is -0.859. The molecule has 0 saturated carbocycles. The van der Waals surface area contributed by atoms with Crippen LogP contribution >= 0.6 is 24.8 Å². The van der Waals surface area contributed by atoms with Crippen LogP contribution in [0.4, 0.5) is 0 Å². The summed E-state index contributed by atoms with van der Waals surface area (Å²) in [5.41, 5.74) is 2.31. The van der Waals surface area contributed by atoms with Crippen molar-refractivity contribution >= 4 is 41.8 Å². The number of aliphatic carboxylic acids is 1. The van der Waals surface area contributed by atoms with E-state index in [2.05, 4.69) is 9.97 Å². The number of hydrogen-bond donors (Lipinski definition) is 2. The number of pyridine rings is 1. The SMILES string of the molecule is Cl.Cl.O=C(O)Cc1ccc2[nH]ccc2n1. The van der Waals surface area contributed by atoms with Gasteiger partial charge < -0.3 is 10.1 Å².